The Labute approximate surface area is 202 Å². The summed E-state index contributed by atoms with van der Waals surface area (Å²) in [5.41, 5.74) is 1.79. The van der Waals surface area contributed by atoms with Gasteiger partial charge in [-0.15, -0.1) is 0 Å². The lowest BCUT2D eigenvalue weighted by Gasteiger charge is -2.39. The van der Waals surface area contributed by atoms with Crippen LogP contribution in [0, 0.1) is 6.92 Å². The number of aryl methyl sites for hydroxylation is 1. The lowest BCUT2D eigenvalue weighted by atomic mass is 10.1. The molecule has 0 unspecified atom stereocenters. The van der Waals surface area contributed by atoms with E-state index in [-0.39, 0.29) is 17.6 Å². The molecule has 1 atom stereocenters. The molecule has 5 rings (SSSR count). The standard InChI is InChI=1S/C25H27ClN4O4/c1-15-5-3-7-27-24(15)34-14-16-6-4-8-29(16)22-10-21-18(9-20(22)26)23(31)19(25(32)33)13-30(21)17-11-28(2)12-17/h3,5,7,9-10,13,16-17H,4,6,8,11-12,14H2,1-2H3,(H,32,33)/t16-/m1/s1. The summed E-state index contributed by atoms with van der Waals surface area (Å²) in [4.78, 5) is 33.4. The molecule has 0 saturated carbocycles. The molecule has 0 radical (unpaired) electrons. The van der Waals surface area contributed by atoms with Crippen LogP contribution in [0.3, 0.4) is 0 Å². The zero-order chi connectivity index (χ0) is 24.0. The molecule has 8 nitrogen and oxygen atoms in total. The summed E-state index contributed by atoms with van der Waals surface area (Å²) in [7, 11) is 2.01. The maximum Gasteiger partial charge on any atom is 0.341 e. The summed E-state index contributed by atoms with van der Waals surface area (Å²) in [6.45, 7) is 4.85. The summed E-state index contributed by atoms with van der Waals surface area (Å²) in [5, 5.41) is 10.4. The molecule has 0 amide bonds. The number of carbonyl (C=O) groups is 1. The van der Waals surface area contributed by atoms with Gasteiger partial charge in [-0.2, -0.15) is 0 Å². The predicted molar refractivity (Wildman–Crippen MR) is 132 cm³/mol. The van der Waals surface area contributed by atoms with Gasteiger partial charge >= 0.3 is 5.97 Å². The Morgan fingerprint density at radius 3 is 2.82 bits per heavy atom. The van der Waals surface area contributed by atoms with Crippen molar-refractivity contribution in [3.63, 3.8) is 0 Å². The number of aromatic nitrogens is 2. The second-order valence-corrected chi connectivity index (χ2v) is 9.61. The number of fused-ring (bicyclic) bond motifs is 1. The maximum absolute atomic E-state index is 13.0. The average molecular weight is 483 g/mol. The molecule has 2 aliphatic rings. The van der Waals surface area contributed by atoms with Crippen LogP contribution >= 0.6 is 11.6 Å². The van der Waals surface area contributed by atoms with Crippen LogP contribution in [0.15, 0.2) is 41.5 Å². The highest BCUT2D eigenvalue weighted by atomic mass is 35.5. The Hall–Kier alpha value is -3.10. The minimum absolute atomic E-state index is 0.102. The van der Waals surface area contributed by atoms with Gasteiger partial charge in [0.15, 0.2) is 0 Å². The second-order valence-electron chi connectivity index (χ2n) is 9.21. The van der Waals surface area contributed by atoms with Crippen molar-refractivity contribution in [1.82, 2.24) is 14.5 Å². The van der Waals surface area contributed by atoms with Gasteiger partial charge < -0.3 is 24.2 Å². The highest BCUT2D eigenvalue weighted by molar-refractivity contribution is 6.34. The smallest absolute Gasteiger partial charge is 0.341 e. The van der Waals surface area contributed by atoms with Gasteiger partial charge in [0.1, 0.15) is 12.2 Å². The molecule has 4 heterocycles. The van der Waals surface area contributed by atoms with Crippen LogP contribution in [-0.2, 0) is 0 Å². The van der Waals surface area contributed by atoms with Gasteiger partial charge in [0.05, 0.1) is 28.3 Å². The largest absolute Gasteiger partial charge is 0.477 e. The van der Waals surface area contributed by atoms with Crippen LogP contribution in [0.1, 0.15) is 34.8 Å². The SMILES string of the molecule is Cc1cccnc1OC[C@H]1CCCN1c1cc2c(cc1Cl)c(=O)c(C(=O)O)cn2C1CN(C)C1. The number of likely N-dealkylation sites (tertiary alicyclic amines) is 1. The van der Waals surface area contributed by atoms with E-state index in [0.717, 1.165) is 43.7 Å². The molecule has 9 heteroatoms. The molecule has 1 aromatic carbocycles. The predicted octanol–water partition coefficient (Wildman–Crippen LogP) is 3.59. The summed E-state index contributed by atoms with van der Waals surface area (Å²) < 4.78 is 7.97. The molecule has 0 aliphatic carbocycles. The number of ether oxygens (including phenoxy) is 1. The lowest BCUT2D eigenvalue weighted by molar-refractivity contribution is 0.0693. The quantitative estimate of drug-likeness (QED) is 0.574. The molecular formula is C25H27ClN4O4. The first-order valence-electron chi connectivity index (χ1n) is 11.4. The van der Waals surface area contributed by atoms with Crippen molar-refractivity contribution in [1.29, 1.82) is 0 Å². The first-order valence-corrected chi connectivity index (χ1v) is 11.8. The summed E-state index contributed by atoms with van der Waals surface area (Å²) in [6.07, 6.45) is 5.16. The fourth-order valence-electron chi connectivity index (χ4n) is 5.00. The molecule has 1 N–H and O–H groups in total. The monoisotopic (exact) mass is 482 g/mol. The number of likely N-dealkylation sites (N-methyl/N-ethyl adjacent to an activating group) is 1. The van der Waals surface area contributed by atoms with E-state index in [2.05, 4.69) is 14.8 Å². The van der Waals surface area contributed by atoms with Gasteiger partial charge in [-0.1, -0.05) is 17.7 Å². The van der Waals surface area contributed by atoms with Crippen LogP contribution in [0.4, 0.5) is 5.69 Å². The molecular weight excluding hydrogens is 456 g/mol. The van der Waals surface area contributed by atoms with E-state index in [1.807, 2.05) is 36.7 Å². The van der Waals surface area contributed by atoms with Crippen LogP contribution in [-0.4, -0.2) is 64.9 Å². The molecule has 2 aliphatic heterocycles. The topological polar surface area (TPSA) is 87.9 Å². The fourth-order valence-corrected chi connectivity index (χ4v) is 5.27. The lowest BCUT2D eigenvalue weighted by Crippen LogP contribution is -2.45. The van der Waals surface area contributed by atoms with E-state index in [9.17, 15) is 14.7 Å². The van der Waals surface area contributed by atoms with E-state index < -0.39 is 11.4 Å². The number of carboxylic acid groups (broad SMARTS) is 1. The number of carboxylic acids is 1. The number of rotatable bonds is 6. The fraction of sp³-hybridized carbons (Fsp3) is 0.400. The third kappa shape index (κ3) is 4.01. The van der Waals surface area contributed by atoms with E-state index >= 15 is 0 Å². The number of pyridine rings is 2. The summed E-state index contributed by atoms with van der Waals surface area (Å²) in [5.74, 6) is -0.599. The summed E-state index contributed by atoms with van der Waals surface area (Å²) in [6, 6.07) is 7.63. The van der Waals surface area contributed by atoms with Gasteiger partial charge in [0.2, 0.25) is 11.3 Å². The highest BCUT2D eigenvalue weighted by Gasteiger charge is 2.31. The number of nitrogens with zero attached hydrogens (tertiary/aromatic N) is 4. The van der Waals surface area contributed by atoms with E-state index in [0.29, 0.717) is 28.4 Å². The maximum atomic E-state index is 13.0. The van der Waals surface area contributed by atoms with Gasteiger partial charge in [-0.25, -0.2) is 9.78 Å². The number of benzene rings is 1. The minimum atomic E-state index is -1.23. The number of aromatic carboxylic acids is 1. The van der Waals surface area contributed by atoms with Crippen molar-refractivity contribution in [2.45, 2.75) is 31.8 Å². The third-order valence-electron chi connectivity index (χ3n) is 6.83. The van der Waals surface area contributed by atoms with E-state index in [4.69, 9.17) is 16.3 Å². The van der Waals surface area contributed by atoms with Crippen LogP contribution in [0.2, 0.25) is 5.02 Å². The molecule has 2 fully saturated rings. The van der Waals surface area contributed by atoms with Gasteiger partial charge in [-0.05, 0) is 45.0 Å². The van der Waals surface area contributed by atoms with Crippen molar-refractivity contribution in [2.24, 2.45) is 0 Å². The molecule has 0 spiro atoms. The van der Waals surface area contributed by atoms with Crippen molar-refractivity contribution < 1.29 is 14.6 Å². The highest BCUT2D eigenvalue weighted by Crippen LogP contribution is 2.36. The Kier molecular flexibility index (Phi) is 5.95. The molecule has 34 heavy (non-hydrogen) atoms. The Morgan fingerprint density at radius 1 is 1.32 bits per heavy atom. The van der Waals surface area contributed by atoms with Crippen molar-refractivity contribution in [3.05, 3.63) is 63.0 Å². The normalized spacial score (nSPS) is 18.9. The molecule has 0 bridgehead atoms. The zero-order valence-electron chi connectivity index (χ0n) is 19.2. The number of hydrogen-bond donors (Lipinski definition) is 1. The number of halogens is 1. The Morgan fingerprint density at radius 2 is 2.12 bits per heavy atom. The number of anilines is 1. The van der Waals surface area contributed by atoms with Crippen molar-refractivity contribution >= 4 is 34.2 Å². The van der Waals surface area contributed by atoms with Crippen LogP contribution in [0.25, 0.3) is 10.9 Å². The van der Waals surface area contributed by atoms with Crippen molar-refractivity contribution in [3.8, 4) is 5.88 Å². The van der Waals surface area contributed by atoms with E-state index in [1.54, 1.807) is 12.3 Å². The number of hydrogen-bond acceptors (Lipinski definition) is 6. The second kappa shape index (κ2) is 8.92. The third-order valence-corrected chi connectivity index (χ3v) is 7.13. The molecule has 2 aromatic heterocycles. The van der Waals surface area contributed by atoms with Gasteiger partial charge in [0, 0.05) is 43.0 Å². The van der Waals surface area contributed by atoms with Gasteiger partial charge in [0.25, 0.3) is 0 Å². The van der Waals surface area contributed by atoms with E-state index in [1.165, 1.54) is 6.20 Å². The van der Waals surface area contributed by atoms with Crippen LogP contribution in [0.5, 0.6) is 5.88 Å². The molecule has 2 saturated heterocycles. The van der Waals surface area contributed by atoms with Crippen molar-refractivity contribution in [2.75, 3.05) is 38.2 Å². The average Bonchev–Trinajstić information content (AvgIpc) is 3.25. The molecule has 178 valence electrons. The first-order chi connectivity index (χ1) is 16.3. The zero-order valence-corrected chi connectivity index (χ0v) is 20.0. The first kappa shape index (κ1) is 22.7. The van der Waals surface area contributed by atoms with Crippen LogP contribution < -0.4 is 15.1 Å². The molecule has 3 aromatic rings. The van der Waals surface area contributed by atoms with Gasteiger partial charge in [-0.3, -0.25) is 4.79 Å². The minimum Gasteiger partial charge on any atom is -0.477 e. The Bertz CT molecular complexity index is 1320. The summed E-state index contributed by atoms with van der Waals surface area (Å²) >= 11 is 6.70. The Balaban J connectivity index is 1.53.